The smallest absolute Gasteiger partial charge is 0.336 e. The van der Waals surface area contributed by atoms with E-state index in [0.29, 0.717) is 6.07 Å². The Morgan fingerprint density at radius 2 is 1.62 bits per heavy atom. The number of benzene rings is 2. The van der Waals surface area contributed by atoms with Crippen LogP contribution in [0.1, 0.15) is 48.8 Å². The number of hydrogen-bond donors (Lipinski definition) is 0. The van der Waals surface area contributed by atoms with Crippen molar-refractivity contribution < 1.29 is 53.1 Å². The average molecular weight is 664 g/mol. The van der Waals surface area contributed by atoms with Crippen molar-refractivity contribution in [3.8, 4) is 6.07 Å². The molecule has 242 valence electrons. The van der Waals surface area contributed by atoms with Gasteiger partial charge in [0.2, 0.25) is 11.8 Å². The fourth-order valence-electron chi connectivity index (χ4n) is 6.95. The Kier molecular flexibility index (Phi) is 7.95. The van der Waals surface area contributed by atoms with E-state index < -0.39 is 66.9 Å². The number of nitriles is 1. The highest BCUT2D eigenvalue weighted by molar-refractivity contribution is 7.92. The lowest BCUT2D eigenvalue weighted by Gasteiger charge is -2.43. The zero-order chi connectivity index (χ0) is 33.2. The van der Waals surface area contributed by atoms with Gasteiger partial charge in [0.1, 0.15) is 16.6 Å². The maximum absolute atomic E-state index is 15.0. The summed E-state index contributed by atoms with van der Waals surface area (Å²) in [4.78, 5) is 28.5. The first-order chi connectivity index (χ1) is 20.9. The molecule has 0 spiro atoms. The van der Waals surface area contributed by atoms with E-state index >= 15 is 0 Å². The number of hydrogen-bond acceptors (Lipinski definition) is 5. The van der Waals surface area contributed by atoms with Gasteiger partial charge in [-0.1, -0.05) is 18.2 Å². The van der Waals surface area contributed by atoms with Crippen molar-refractivity contribution in [2.24, 2.45) is 0 Å². The lowest BCUT2D eigenvalue weighted by atomic mass is 9.76. The number of carbonyl (C=O) groups is 2. The minimum atomic E-state index is -6.39. The molecule has 2 fully saturated rings. The summed E-state index contributed by atoms with van der Waals surface area (Å²) in [5, 5.41) is 8.98. The van der Waals surface area contributed by atoms with Gasteiger partial charge in [0, 0.05) is 25.1 Å². The van der Waals surface area contributed by atoms with Crippen LogP contribution >= 0.6 is 0 Å². The summed E-state index contributed by atoms with van der Waals surface area (Å²) in [6, 6.07) is 4.71. The molecular weight excluding hydrogens is 638 g/mol. The van der Waals surface area contributed by atoms with E-state index in [1.54, 1.807) is 0 Å². The second-order valence-electron chi connectivity index (χ2n) is 11.3. The monoisotopic (exact) mass is 663 g/mol. The third-order valence-electron chi connectivity index (χ3n) is 9.03. The van der Waals surface area contributed by atoms with Gasteiger partial charge in [-0.15, -0.1) is 0 Å². The average Bonchev–Trinajstić information content (AvgIpc) is 3.55. The second kappa shape index (κ2) is 11.0. The summed E-state index contributed by atoms with van der Waals surface area (Å²) in [6.07, 6.45) is -13.6. The molecular formula is C29H25F8N3O4S. The Balaban J connectivity index is 1.65. The Hall–Kier alpha value is -3.74. The Morgan fingerprint density at radius 3 is 2.22 bits per heavy atom. The molecule has 2 aliphatic heterocycles. The molecule has 2 aromatic rings. The first kappa shape index (κ1) is 32.6. The van der Waals surface area contributed by atoms with E-state index in [9.17, 15) is 53.1 Å². The molecule has 2 saturated heterocycles. The molecule has 2 amide bonds. The second-order valence-corrected chi connectivity index (χ2v) is 13.5. The predicted octanol–water partition coefficient (Wildman–Crippen LogP) is 5.24. The first-order valence-electron chi connectivity index (χ1n) is 13.8. The van der Waals surface area contributed by atoms with Gasteiger partial charge in [0.15, 0.2) is 9.84 Å². The van der Waals surface area contributed by atoms with Crippen LogP contribution in [0.3, 0.4) is 0 Å². The Bertz CT molecular complexity index is 1660. The Labute approximate surface area is 252 Å². The summed E-state index contributed by atoms with van der Waals surface area (Å²) in [6.45, 7) is -0.252. The summed E-state index contributed by atoms with van der Waals surface area (Å²) < 4.78 is 137. The number of alkyl halides is 7. The van der Waals surface area contributed by atoms with E-state index in [0.717, 1.165) is 30.3 Å². The lowest BCUT2D eigenvalue weighted by Crippen LogP contribution is -2.55. The maximum Gasteiger partial charge on any atom is 0.435 e. The summed E-state index contributed by atoms with van der Waals surface area (Å²) in [5.74, 6) is -1.77. The van der Waals surface area contributed by atoms with E-state index in [4.69, 9.17) is 5.26 Å². The summed E-state index contributed by atoms with van der Waals surface area (Å²) in [5.41, 5.74) is -7.98. The zero-order valence-electron chi connectivity index (χ0n) is 23.3. The maximum atomic E-state index is 15.0. The van der Waals surface area contributed by atoms with E-state index in [1.807, 2.05) is 6.07 Å². The number of likely N-dealkylation sites (tertiary alicyclic amines) is 2. The molecule has 0 radical (unpaired) electrons. The van der Waals surface area contributed by atoms with Crippen molar-refractivity contribution in [3.63, 3.8) is 0 Å². The number of nitrogens with zero attached hydrogens (tertiary/aromatic N) is 3. The highest BCUT2D eigenvalue weighted by atomic mass is 32.2. The van der Waals surface area contributed by atoms with Gasteiger partial charge >= 0.3 is 18.0 Å². The van der Waals surface area contributed by atoms with Crippen LogP contribution in [0.15, 0.2) is 47.4 Å². The molecule has 0 saturated carbocycles. The topological polar surface area (TPSA) is 98.5 Å². The highest BCUT2D eigenvalue weighted by Crippen LogP contribution is 2.57. The van der Waals surface area contributed by atoms with Crippen molar-refractivity contribution >= 4 is 21.7 Å². The third kappa shape index (κ3) is 4.85. The summed E-state index contributed by atoms with van der Waals surface area (Å²) >= 11 is 0. The summed E-state index contributed by atoms with van der Waals surface area (Å²) in [7, 11) is -4.65. The Morgan fingerprint density at radius 1 is 0.978 bits per heavy atom. The minimum Gasteiger partial charge on any atom is -0.336 e. The van der Waals surface area contributed by atoms with Crippen LogP contribution in [0.5, 0.6) is 0 Å². The lowest BCUT2D eigenvalue weighted by molar-refractivity contribution is -0.348. The molecule has 3 aliphatic rings. The SMILES string of the molecule is N#CCCN1C(=O)CC[C@H]1C(=O)N1CC[C@@]2(S(=O)(=O)c3ccc(F)cc3)c3ccc(C(F)(C(F)(F)F)C(F)(F)F)cc3CC[C@@H]12. The van der Waals surface area contributed by atoms with E-state index in [-0.39, 0.29) is 74.7 Å². The highest BCUT2D eigenvalue weighted by Gasteiger charge is 2.74. The van der Waals surface area contributed by atoms with Crippen molar-refractivity contribution in [2.75, 3.05) is 13.1 Å². The van der Waals surface area contributed by atoms with Crippen LogP contribution in [-0.4, -0.2) is 67.6 Å². The third-order valence-corrected chi connectivity index (χ3v) is 11.6. The fourth-order valence-corrected chi connectivity index (χ4v) is 9.32. The molecule has 0 aromatic heterocycles. The molecule has 45 heavy (non-hydrogen) atoms. The number of halogens is 8. The van der Waals surface area contributed by atoms with Gasteiger partial charge in [-0.2, -0.15) is 31.6 Å². The molecule has 3 atom stereocenters. The van der Waals surface area contributed by atoms with Gasteiger partial charge in [0.25, 0.3) is 0 Å². The van der Waals surface area contributed by atoms with Crippen LogP contribution in [0, 0.1) is 17.1 Å². The van der Waals surface area contributed by atoms with Gasteiger partial charge in [-0.25, -0.2) is 17.2 Å². The van der Waals surface area contributed by atoms with Crippen molar-refractivity contribution in [1.29, 1.82) is 5.26 Å². The normalized spacial score (nSPS) is 23.9. The molecule has 2 aromatic carbocycles. The van der Waals surface area contributed by atoms with Crippen LogP contribution in [0.2, 0.25) is 0 Å². The van der Waals surface area contributed by atoms with Crippen LogP contribution in [-0.2, 0) is 36.3 Å². The van der Waals surface area contributed by atoms with Crippen LogP contribution < -0.4 is 0 Å². The van der Waals surface area contributed by atoms with Gasteiger partial charge in [-0.05, 0) is 61.1 Å². The van der Waals surface area contributed by atoms with Crippen molar-refractivity contribution in [2.45, 2.75) is 78.3 Å². The van der Waals surface area contributed by atoms with E-state index in [2.05, 4.69) is 0 Å². The van der Waals surface area contributed by atoms with Gasteiger partial charge in [0.05, 0.1) is 23.4 Å². The number of amides is 2. The quantitative estimate of drug-likeness (QED) is 0.311. The first-order valence-corrected chi connectivity index (χ1v) is 15.3. The fraction of sp³-hybridized carbons (Fsp3) is 0.483. The molecule has 0 bridgehead atoms. The van der Waals surface area contributed by atoms with Crippen LogP contribution in [0.25, 0.3) is 0 Å². The minimum absolute atomic E-state index is 0.00830. The largest absolute Gasteiger partial charge is 0.435 e. The molecule has 16 heteroatoms. The van der Waals surface area contributed by atoms with Crippen molar-refractivity contribution in [1.82, 2.24) is 9.80 Å². The number of rotatable bonds is 6. The molecule has 2 heterocycles. The van der Waals surface area contributed by atoms with Gasteiger partial charge < -0.3 is 9.80 Å². The van der Waals surface area contributed by atoms with Crippen LogP contribution in [0.4, 0.5) is 35.1 Å². The number of fused-ring (bicyclic) bond motifs is 3. The van der Waals surface area contributed by atoms with Crippen molar-refractivity contribution in [3.05, 3.63) is 65.0 Å². The van der Waals surface area contributed by atoms with Gasteiger partial charge in [-0.3, -0.25) is 9.59 Å². The number of sulfone groups is 1. The molecule has 0 N–H and O–H groups in total. The number of aryl methyl sites for hydroxylation is 1. The number of carbonyl (C=O) groups excluding carboxylic acids is 2. The van der Waals surface area contributed by atoms with E-state index in [1.165, 1.54) is 9.80 Å². The zero-order valence-corrected chi connectivity index (χ0v) is 24.1. The molecule has 7 nitrogen and oxygen atoms in total. The standard InChI is InChI=1S/C29H25F8N3O4S/c30-19-4-6-20(7-5-19)45(43,44)26-12-15-40(25(42)22-9-11-24(41)39(22)14-1-13-38)23(26)10-2-17-16-18(3-8-21(17)26)27(31,28(32,33)34)29(35,36)37/h3-8,16,22-23H,1-2,9-12,14-15H2/t22-,23+,26+/m0/s1. The molecule has 0 unspecified atom stereocenters. The molecule has 5 rings (SSSR count). The molecule has 1 aliphatic carbocycles. The predicted molar refractivity (Wildman–Crippen MR) is 140 cm³/mol.